The first-order chi connectivity index (χ1) is 15.3. The number of hydrogen-bond donors (Lipinski definition) is 1. The summed E-state index contributed by atoms with van der Waals surface area (Å²) in [5, 5.41) is 14.0. The number of halogens is 1. The van der Waals surface area contributed by atoms with Crippen molar-refractivity contribution in [3.63, 3.8) is 0 Å². The van der Waals surface area contributed by atoms with Crippen LogP contribution in [-0.2, 0) is 29.1 Å². The number of nitrogens with zero attached hydrogens (tertiary/aromatic N) is 4. The molecule has 1 aliphatic heterocycles. The van der Waals surface area contributed by atoms with E-state index in [1.807, 2.05) is 28.6 Å². The van der Waals surface area contributed by atoms with Gasteiger partial charge in [0, 0.05) is 32.6 Å². The standard InChI is InChI=1S/C24H31FN4O3/c1-27(2)23-20-11-12-28(22(30)13-16-3-7-18(8-4-16)24(31)32)15-21(20)29(26-23)14-17-5-9-19(25)10-6-17/h5-6,9-10,16,18H,3-4,7-8,11-15H2,1-2H3,(H,31,32)/t16-,18-. The van der Waals surface area contributed by atoms with Crippen LogP contribution in [0.2, 0.25) is 0 Å². The van der Waals surface area contributed by atoms with E-state index in [-0.39, 0.29) is 23.6 Å². The summed E-state index contributed by atoms with van der Waals surface area (Å²) in [5.74, 6) is 0.0746. The van der Waals surface area contributed by atoms with Gasteiger partial charge in [-0.2, -0.15) is 5.10 Å². The molecule has 32 heavy (non-hydrogen) atoms. The number of carbonyl (C=O) groups excluding carboxylic acids is 1. The SMILES string of the molecule is CN(C)c1nn(Cc2ccc(F)cc2)c2c1CCN(C(=O)C[C@H]1CC[C@H](C(=O)O)CC1)C2. The third-order valence-electron chi connectivity index (χ3n) is 6.80. The van der Waals surface area contributed by atoms with Crippen LogP contribution in [-0.4, -0.2) is 52.3 Å². The second-order valence-electron chi connectivity index (χ2n) is 9.25. The van der Waals surface area contributed by atoms with Crippen LogP contribution in [0.5, 0.6) is 0 Å². The van der Waals surface area contributed by atoms with Gasteiger partial charge in [-0.1, -0.05) is 12.1 Å². The fourth-order valence-corrected chi connectivity index (χ4v) is 4.91. The third-order valence-corrected chi connectivity index (χ3v) is 6.80. The zero-order valence-corrected chi connectivity index (χ0v) is 18.8. The van der Waals surface area contributed by atoms with Gasteiger partial charge in [0.2, 0.25) is 5.91 Å². The molecular weight excluding hydrogens is 411 g/mol. The lowest BCUT2D eigenvalue weighted by molar-refractivity contribution is -0.143. The summed E-state index contributed by atoms with van der Waals surface area (Å²) in [5.41, 5.74) is 3.16. The number of aromatic nitrogens is 2. The number of rotatable bonds is 6. The maximum atomic E-state index is 13.3. The Morgan fingerprint density at radius 3 is 2.47 bits per heavy atom. The van der Waals surface area contributed by atoms with Crippen molar-refractivity contribution in [3.8, 4) is 0 Å². The van der Waals surface area contributed by atoms with E-state index < -0.39 is 5.97 Å². The van der Waals surface area contributed by atoms with E-state index in [9.17, 15) is 19.1 Å². The van der Waals surface area contributed by atoms with E-state index in [4.69, 9.17) is 5.10 Å². The summed E-state index contributed by atoms with van der Waals surface area (Å²) >= 11 is 0. The summed E-state index contributed by atoms with van der Waals surface area (Å²) in [6.45, 7) is 1.71. The Morgan fingerprint density at radius 2 is 1.84 bits per heavy atom. The van der Waals surface area contributed by atoms with Crippen molar-refractivity contribution in [2.45, 2.75) is 51.6 Å². The molecule has 2 heterocycles. The highest BCUT2D eigenvalue weighted by Gasteiger charge is 2.31. The van der Waals surface area contributed by atoms with E-state index in [0.29, 0.717) is 38.9 Å². The molecule has 0 unspecified atom stereocenters. The maximum Gasteiger partial charge on any atom is 0.306 e. The monoisotopic (exact) mass is 442 g/mol. The van der Waals surface area contributed by atoms with Gasteiger partial charge in [0.15, 0.2) is 5.82 Å². The lowest BCUT2D eigenvalue weighted by Gasteiger charge is -2.31. The maximum absolute atomic E-state index is 13.3. The Kier molecular flexibility index (Phi) is 6.48. The highest BCUT2D eigenvalue weighted by molar-refractivity contribution is 5.77. The first-order valence-corrected chi connectivity index (χ1v) is 11.3. The predicted molar refractivity (Wildman–Crippen MR) is 119 cm³/mol. The van der Waals surface area contributed by atoms with E-state index >= 15 is 0 Å². The van der Waals surface area contributed by atoms with Crippen LogP contribution in [0.1, 0.15) is 48.9 Å². The van der Waals surface area contributed by atoms with Gasteiger partial charge in [-0.25, -0.2) is 4.39 Å². The molecule has 1 amide bonds. The van der Waals surface area contributed by atoms with Crippen LogP contribution >= 0.6 is 0 Å². The second kappa shape index (κ2) is 9.30. The number of anilines is 1. The van der Waals surface area contributed by atoms with Gasteiger partial charge in [-0.05, 0) is 55.7 Å². The quantitative estimate of drug-likeness (QED) is 0.743. The normalized spacial score (nSPS) is 20.7. The van der Waals surface area contributed by atoms with Gasteiger partial charge in [0.1, 0.15) is 5.82 Å². The molecule has 1 fully saturated rings. The number of carboxylic acids is 1. The zero-order valence-electron chi connectivity index (χ0n) is 18.8. The molecular formula is C24H31FN4O3. The summed E-state index contributed by atoms with van der Waals surface area (Å²) < 4.78 is 15.2. The van der Waals surface area contributed by atoms with Gasteiger partial charge in [0.25, 0.3) is 0 Å². The fourth-order valence-electron chi connectivity index (χ4n) is 4.91. The fraction of sp³-hybridized carbons (Fsp3) is 0.542. The molecule has 8 heteroatoms. The number of amides is 1. The van der Waals surface area contributed by atoms with Crippen LogP contribution in [0.15, 0.2) is 24.3 Å². The minimum atomic E-state index is -0.718. The number of carbonyl (C=O) groups is 2. The van der Waals surface area contributed by atoms with Gasteiger partial charge in [0.05, 0.1) is 24.7 Å². The Hall–Kier alpha value is -2.90. The molecule has 1 aromatic carbocycles. The molecule has 172 valence electrons. The number of carboxylic acid groups (broad SMARTS) is 1. The van der Waals surface area contributed by atoms with Crippen LogP contribution < -0.4 is 4.90 Å². The second-order valence-corrected chi connectivity index (χ2v) is 9.25. The van der Waals surface area contributed by atoms with Crippen molar-refractivity contribution in [1.29, 1.82) is 0 Å². The predicted octanol–water partition coefficient (Wildman–Crippen LogP) is 3.30. The molecule has 0 bridgehead atoms. The van der Waals surface area contributed by atoms with Crippen molar-refractivity contribution in [1.82, 2.24) is 14.7 Å². The van der Waals surface area contributed by atoms with E-state index in [1.165, 1.54) is 17.7 Å². The van der Waals surface area contributed by atoms with Gasteiger partial charge in [-0.15, -0.1) is 0 Å². The highest BCUT2D eigenvalue weighted by Crippen LogP contribution is 2.33. The molecule has 1 aromatic heterocycles. The lowest BCUT2D eigenvalue weighted by atomic mass is 9.80. The number of aliphatic carboxylic acids is 1. The molecule has 2 aliphatic rings. The number of hydrogen-bond acceptors (Lipinski definition) is 4. The van der Waals surface area contributed by atoms with E-state index in [0.717, 1.165) is 36.3 Å². The molecule has 1 aliphatic carbocycles. The van der Waals surface area contributed by atoms with Gasteiger partial charge < -0.3 is 14.9 Å². The van der Waals surface area contributed by atoms with Crippen molar-refractivity contribution in [3.05, 3.63) is 46.9 Å². The molecule has 1 N–H and O–H groups in total. The average molecular weight is 443 g/mol. The molecule has 4 rings (SSSR count). The Labute approximate surface area is 187 Å². The van der Waals surface area contributed by atoms with E-state index in [2.05, 4.69) is 0 Å². The number of fused-ring (bicyclic) bond motifs is 1. The topological polar surface area (TPSA) is 78.7 Å². The van der Waals surface area contributed by atoms with Crippen LogP contribution in [0.3, 0.4) is 0 Å². The molecule has 7 nitrogen and oxygen atoms in total. The van der Waals surface area contributed by atoms with E-state index in [1.54, 1.807) is 12.1 Å². The van der Waals surface area contributed by atoms with Crippen molar-refractivity contribution < 1.29 is 19.1 Å². The van der Waals surface area contributed by atoms with Gasteiger partial charge in [-0.3, -0.25) is 14.3 Å². The summed E-state index contributed by atoms with van der Waals surface area (Å²) in [6, 6.07) is 6.43. The Morgan fingerprint density at radius 1 is 1.16 bits per heavy atom. The average Bonchev–Trinajstić information content (AvgIpc) is 3.13. The summed E-state index contributed by atoms with van der Waals surface area (Å²) in [7, 11) is 3.94. The molecule has 0 spiro atoms. The van der Waals surface area contributed by atoms with Crippen molar-refractivity contribution in [2.75, 3.05) is 25.5 Å². The van der Waals surface area contributed by atoms with Crippen molar-refractivity contribution in [2.24, 2.45) is 11.8 Å². The molecule has 0 radical (unpaired) electrons. The first-order valence-electron chi connectivity index (χ1n) is 11.3. The van der Waals surface area contributed by atoms with Crippen molar-refractivity contribution >= 4 is 17.7 Å². The minimum absolute atomic E-state index is 0.135. The molecule has 0 saturated heterocycles. The van der Waals surface area contributed by atoms with Crippen LogP contribution in [0, 0.1) is 17.7 Å². The minimum Gasteiger partial charge on any atom is -0.481 e. The largest absolute Gasteiger partial charge is 0.481 e. The van der Waals surface area contributed by atoms with Crippen LogP contribution in [0.25, 0.3) is 0 Å². The van der Waals surface area contributed by atoms with Crippen LogP contribution in [0.4, 0.5) is 10.2 Å². The Bertz CT molecular complexity index is 978. The first kappa shape index (κ1) is 22.3. The lowest BCUT2D eigenvalue weighted by Crippen LogP contribution is -2.38. The zero-order chi connectivity index (χ0) is 22.8. The molecule has 0 atom stereocenters. The smallest absolute Gasteiger partial charge is 0.306 e. The number of benzene rings is 1. The summed E-state index contributed by atoms with van der Waals surface area (Å²) in [4.78, 5) is 28.1. The molecule has 2 aromatic rings. The molecule has 1 saturated carbocycles. The third kappa shape index (κ3) is 4.79. The highest BCUT2D eigenvalue weighted by atomic mass is 19.1. The summed E-state index contributed by atoms with van der Waals surface area (Å²) in [6.07, 6.45) is 4.16. The van der Waals surface area contributed by atoms with Gasteiger partial charge >= 0.3 is 5.97 Å². The Balaban J connectivity index is 1.46.